The summed E-state index contributed by atoms with van der Waals surface area (Å²) in [5.41, 5.74) is 3.36. The summed E-state index contributed by atoms with van der Waals surface area (Å²) < 4.78 is 33.0. The van der Waals surface area contributed by atoms with Crippen LogP contribution in [-0.2, 0) is 39.1 Å². The van der Waals surface area contributed by atoms with E-state index in [-0.39, 0.29) is 35.7 Å². The third kappa shape index (κ3) is 8.33. The van der Waals surface area contributed by atoms with Gasteiger partial charge in [-0.25, -0.2) is 13.1 Å². The molecule has 0 radical (unpaired) electrons. The van der Waals surface area contributed by atoms with Crippen LogP contribution < -0.4 is 14.8 Å². The highest BCUT2D eigenvalue weighted by Crippen LogP contribution is 2.26. The molecular formula is C35H37N3O5S. The molecule has 8 nitrogen and oxygen atoms in total. The van der Waals surface area contributed by atoms with Crippen molar-refractivity contribution < 1.29 is 22.7 Å². The lowest BCUT2D eigenvalue weighted by Crippen LogP contribution is -2.43. The number of hydrogen-bond donors (Lipinski definition) is 2. The zero-order valence-electron chi connectivity index (χ0n) is 24.7. The summed E-state index contributed by atoms with van der Waals surface area (Å²) in [4.78, 5) is 29.7. The fraction of sp³-hybridized carbons (Fsp3) is 0.257. The fourth-order valence-corrected chi connectivity index (χ4v) is 6.26. The number of hydrogen-bond acceptors (Lipinski definition) is 5. The predicted molar refractivity (Wildman–Crippen MR) is 169 cm³/mol. The molecule has 1 aliphatic carbocycles. The third-order valence-corrected chi connectivity index (χ3v) is 9.11. The third-order valence-electron chi connectivity index (χ3n) is 7.58. The van der Waals surface area contributed by atoms with Crippen LogP contribution in [0.1, 0.15) is 47.6 Å². The minimum absolute atomic E-state index is 0.0267. The second-order valence-electron chi connectivity index (χ2n) is 10.9. The van der Waals surface area contributed by atoms with Gasteiger partial charge in [-0.05, 0) is 65.8 Å². The van der Waals surface area contributed by atoms with Crippen molar-refractivity contribution in [3.05, 3.63) is 131 Å². The molecule has 0 aliphatic heterocycles. The zero-order chi connectivity index (χ0) is 30.9. The molecule has 1 fully saturated rings. The largest absolute Gasteiger partial charge is 0.497 e. The van der Waals surface area contributed by atoms with Crippen LogP contribution in [0.3, 0.4) is 0 Å². The topological polar surface area (TPSA) is 105 Å². The van der Waals surface area contributed by atoms with E-state index in [4.69, 9.17) is 4.74 Å². The minimum Gasteiger partial charge on any atom is -0.497 e. The van der Waals surface area contributed by atoms with Crippen molar-refractivity contribution in [3.8, 4) is 5.75 Å². The first kappa shape index (κ1) is 31.0. The van der Waals surface area contributed by atoms with Crippen molar-refractivity contribution in [2.75, 3.05) is 7.11 Å². The Morgan fingerprint density at radius 3 is 2.05 bits per heavy atom. The zero-order valence-corrected chi connectivity index (χ0v) is 25.5. The smallest absolute Gasteiger partial charge is 0.247 e. The molecule has 228 valence electrons. The Hall–Kier alpha value is -4.47. The van der Waals surface area contributed by atoms with E-state index >= 15 is 0 Å². The molecule has 4 aromatic rings. The van der Waals surface area contributed by atoms with Crippen LogP contribution >= 0.6 is 0 Å². The number of methoxy groups -OCH3 is 1. The van der Waals surface area contributed by atoms with E-state index in [1.54, 1.807) is 36.3 Å². The summed E-state index contributed by atoms with van der Waals surface area (Å²) in [5.74, 6) is 0.261. The first-order valence-corrected chi connectivity index (χ1v) is 16.2. The molecule has 2 amide bonds. The molecule has 1 saturated carbocycles. The highest BCUT2D eigenvalue weighted by atomic mass is 32.2. The lowest BCUT2D eigenvalue weighted by molar-refractivity contribution is -0.141. The molecule has 4 aromatic carbocycles. The molecule has 44 heavy (non-hydrogen) atoms. The van der Waals surface area contributed by atoms with Gasteiger partial charge in [-0.3, -0.25) is 9.59 Å². The number of aryl methyl sites for hydroxylation is 1. The molecule has 1 atom stereocenters. The molecule has 0 saturated heterocycles. The van der Waals surface area contributed by atoms with Gasteiger partial charge in [-0.15, -0.1) is 0 Å². The number of rotatable bonds is 14. The van der Waals surface area contributed by atoms with Crippen LogP contribution in [0.4, 0.5) is 0 Å². The van der Waals surface area contributed by atoms with E-state index in [0.29, 0.717) is 18.5 Å². The van der Waals surface area contributed by atoms with Crippen LogP contribution in [0.5, 0.6) is 5.75 Å². The van der Waals surface area contributed by atoms with Crippen molar-refractivity contribution >= 4 is 21.8 Å². The molecule has 5 rings (SSSR count). The quantitative estimate of drug-likeness (QED) is 0.205. The first-order valence-electron chi connectivity index (χ1n) is 14.7. The lowest BCUT2D eigenvalue weighted by Gasteiger charge is -2.32. The van der Waals surface area contributed by atoms with Crippen LogP contribution in [0.25, 0.3) is 0 Å². The Morgan fingerprint density at radius 2 is 1.43 bits per heavy atom. The highest BCUT2D eigenvalue weighted by Gasteiger charge is 2.31. The maximum atomic E-state index is 14.0. The summed E-state index contributed by atoms with van der Waals surface area (Å²) in [5, 5.41) is 3.03. The standard InChI is InChI=1S/C35H37N3O5S/c1-43-31-19-12-27(13-20-31)24-36-35(40)34(29-10-6-3-7-11-29)38(25-28-8-4-2-5-9-28)33(39)23-16-26-14-21-32(22-15-26)44(41,42)37-30-17-18-30/h2-15,19-22,30,34,37H,16-18,23-25H2,1H3,(H,36,40). The summed E-state index contributed by atoms with van der Waals surface area (Å²) in [6, 6.07) is 32.2. The molecule has 9 heteroatoms. The Balaban J connectivity index is 1.35. The van der Waals surface area contributed by atoms with Gasteiger partial charge in [0.25, 0.3) is 0 Å². The van der Waals surface area contributed by atoms with E-state index in [0.717, 1.165) is 35.3 Å². The molecule has 0 heterocycles. The molecular weight excluding hydrogens is 574 g/mol. The maximum Gasteiger partial charge on any atom is 0.247 e. The van der Waals surface area contributed by atoms with Gasteiger partial charge in [0.2, 0.25) is 21.8 Å². The number of amides is 2. The van der Waals surface area contributed by atoms with Crippen molar-refractivity contribution in [1.82, 2.24) is 14.9 Å². The van der Waals surface area contributed by atoms with Crippen LogP contribution in [0.15, 0.2) is 114 Å². The maximum absolute atomic E-state index is 14.0. The molecule has 1 aliphatic rings. The number of carbonyl (C=O) groups excluding carboxylic acids is 2. The molecule has 0 bridgehead atoms. The summed E-state index contributed by atoms with van der Waals surface area (Å²) in [6.07, 6.45) is 2.27. The average Bonchev–Trinajstić information content (AvgIpc) is 3.87. The Kier molecular flexibility index (Phi) is 10.1. The molecule has 0 spiro atoms. The number of nitrogens with one attached hydrogen (secondary N) is 2. The van der Waals surface area contributed by atoms with Gasteiger partial charge in [0.1, 0.15) is 11.8 Å². The second kappa shape index (κ2) is 14.3. The lowest BCUT2D eigenvalue weighted by atomic mass is 10.0. The summed E-state index contributed by atoms with van der Waals surface area (Å²) in [6.45, 7) is 0.545. The number of benzene rings is 4. The van der Waals surface area contributed by atoms with E-state index < -0.39 is 16.1 Å². The second-order valence-corrected chi connectivity index (χ2v) is 12.6. The van der Waals surface area contributed by atoms with Crippen molar-refractivity contribution in [2.24, 2.45) is 0 Å². The van der Waals surface area contributed by atoms with Gasteiger partial charge in [0.05, 0.1) is 12.0 Å². The van der Waals surface area contributed by atoms with Gasteiger partial charge in [-0.1, -0.05) is 84.9 Å². The minimum atomic E-state index is -3.55. The SMILES string of the molecule is COc1ccc(CNC(=O)C(c2ccccc2)N(Cc2ccccc2)C(=O)CCc2ccc(S(=O)(=O)NC3CC3)cc2)cc1. The van der Waals surface area contributed by atoms with Crippen molar-refractivity contribution in [2.45, 2.75) is 55.8 Å². The fourth-order valence-electron chi connectivity index (χ4n) is 4.96. The van der Waals surface area contributed by atoms with E-state index in [9.17, 15) is 18.0 Å². The monoisotopic (exact) mass is 611 g/mol. The molecule has 2 N–H and O–H groups in total. The summed E-state index contributed by atoms with van der Waals surface area (Å²) in [7, 11) is -1.95. The van der Waals surface area contributed by atoms with Gasteiger partial charge in [0.15, 0.2) is 0 Å². The molecule has 1 unspecified atom stereocenters. The average molecular weight is 612 g/mol. The number of carbonyl (C=O) groups is 2. The van der Waals surface area contributed by atoms with Gasteiger partial charge in [0, 0.05) is 25.6 Å². The normalized spacial score (nSPS) is 13.6. The number of sulfonamides is 1. The van der Waals surface area contributed by atoms with E-state index in [1.807, 2.05) is 84.9 Å². The Bertz CT molecular complexity index is 1640. The van der Waals surface area contributed by atoms with Crippen molar-refractivity contribution in [1.29, 1.82) is 0 Å². The predicted octanol–water partition coefficient (Wildman–Crippen LogP) is 5.16. The van der Waals surface area contributed by atoms with Gasteiger partial charge < -0.3 is 15.0 Å². The van der Waals surface area contributed by atoms with E-state index in [2.05, 4.69) is 10.0 Å². The van der Waals surface area contributed by atoms with Gasteiger partial charge >= 0.3 is 0 Å². The number of nitrogens with zero attached hydrogens (tertiary/aromatic N) is 1. The highest BCUT2D eigenvalue weighted by molar-refractivity contribution is 7.89. The Labute approximate surface area is 259 Å². The van der Waals surface area contributed by atoms with E-state index in [1.165, 1.54) is 0 Å². The molecule has 0 aromatic heterocycles. The summed E-state index contributed by atoms with van der Waals surface area (Å²) >= 11 is 0. The van der Waals surface area contributed by atoms with Crippen LogP contribution in [-0.4, -0.2) is 38.3 Å². The Morgan fingerprint density at radius 1 is 0.818 bits per heavy atom. The van der Waals surface area contributed by atoms with Crippen LogP contribution in [0, 0.1) is 0 Å². The van der Waals surface area contributed by atoms with Crippen molar-refractivity contribution in [3.63, 3.8) is 0 Å². The number of ether oxygens (including phenoxy) is 1. The first-order chi connectivity index (χ1) is 21.3. The van der Waals surface area contributed by atoms with Crippen LogP contribution in [0.2, 0.25) is 0 Å². The van der Waals surface area contributed by atoms with Gasteiger partial charge in [-0.2, -0.15) is 0 Å².